The molecule has 1 atom stereocenters. The van der Waals surface area contributed by atoms with Crippen molar-refractivity contribution in [3.8, 4) is 0 Å². The largest absolute Gasteiger partial charge is 0.450 e. The minimum Gasteiger partial charge on any atom is -0.450 e. The first-order chi connectivity index (χ1) is 8.13. The lowest BCUT2D eigenvalue weighted by Gasteiger charge is -2.10. The monoisotopic (exact) mass is 362 g/mol. The summed E-state index contributed by atoms with van der Waals surface area (Å²) in [5.41, 5.74) is 0. The van der Waals surface area contributed by atoms with Crippen molar-refractivity contribution in [3.05, 3.63) is 39.2 Å². The van der Waals surface area contributed by atoms with Crippen molar-refractivity contribution in [2.75, 3.05) is 0 Å². The molecule has 2 rings (SSSR count). The summed E-state index contributed by atoms with van der Waals surface area (Å²) in [5.74, 6) is 1.06. The molecule has 0 spiro atoms. The summed E-state index contributed by atoms with van der Waals surface area (Å²) in [6.45, 7) is 2.91. The summed E-state index contributed by atoms with van der Waals surface area (Å²) in [7, 11) is 0. The first-order valence-electron chi connectivity index (χ1n) is 5.27. The van der Waals surface area contributed by atoms with Gasteiger partial charge in [0.05, 0.1) is 4.47 Å². The summed E-state index contributed by atoms with van der Waals surface area (Å²) in [6.07, 6.45) is 3.68. The Morgan fingerprint density at radius 1 is 1.53 bits per heavy atom. The van der Waals surface area contributed by atoms with Gasteiger partial charge in [-0.1, -0.05) is 6.92 Å². The van der Waals surface area contributed by atoms with Gasteiger partial charge in [-0.05, 0) is 44.3 Å². The Labute approximate surface area is 116 Å². The van der Waals surface area contributed by atoms with Crippen molar-refractivity contribution >= 4 is 31.9 Å². The van der Waals surface area contributed by atoms with Crippen LogP contribution in [0.4, 0.5) is 0 Å². The number of aliphatic hydroxyl groups excluding tert-OH is 1. The van der Waals surface area contributed by atoms with Crippen molar-refractivity contribution in [2.24, 2.45) is 0 Å². The van der Waals surface area contributed by atoms with Crippen LogP contribution in [0.25, 0.3) is 0 Å². The lowest BCUT2D eigenvalue weighted by atomic mass is 10.2. The average Bonchev–Trinajstić information content (AvgIpc) is 2.87. The highest BCUT2D eigenvalue weighted by Gasteiger charge is 2.21. The van der Waals surface area contributed by atoms with Crippen molar-refractivity contribution in [1.29, 1.82) is 0 Å². The molecule has 0 aliphatic carbocycles. The number of imidazole rings is 1. The van der Waals surface area contributed by atoms with Crippen LogP contribution >= 0.6 is 31.9 Å². The van der Waals surface area contributed by atoms with Crippen LogP contribution in [0.2, 0.25) is 0 Å². The van der Waals surface area contributed by atoms with Gasteiger partial charge in [0.2, 0.25) is 0 Å². The molecule has 1 unspecified atom stereocenters. The average molecular weight is 364 g/mol. The van der Waals surface area contributed by atoms with E-state index in [1.807, 2.05) is 10.8 Å². The Morgan fingerprint density at radius 3 is 2.88 bits per heavy atom. The minimum atomic E-state index is -0.848. The fourth-order valence-corrected chi connectivity index (χ4v) is 2.23. The second-order valence-electron chi connectivity index (χ2n) is 3.65. The number of aryl methyl sites for hydroxylation is 1. The second kappa shape index (κ2) is 5.37. The predicted octanol–water partition coefficient (Wildman–Crippen LogP) is 3.49. The van der Waals surface area contributed by atoms with Gasteiger partial charge in [-0.25, -0.2) is 4.98 Å². The molecule has 2 aromatic rings. The van der Waals surface area contributed by atoms with Crippen LogP contribution in [0.3, 0.4) is 0 Å². The van der Waals surface area contributed by atoms with E-state index < -0.39 is 6.10 Å². The van der Waals surface area contributed by atoms with Gasteiger partial charge in [0, 0.05) is 18.9 Å². The highest BCUT2D eigenvalue weighted by Crippen LogP contribution is 2.32. The van der Waals surface area contributed by atoms with E-state index in [9.17, 15) is 5.11 Å². The van der Waals surface area contributed by atoms with E-state index in [2.05, 4.69) is 43.8 Å². The molecule has 0 radical (unpaired) electrons. The zero-order valence-corrected chi connectivity index (χ0v) is 12.4. The molecule has 2 heterocycles. The number of aromatic nitrogens is 2. The first kappa shape index (κ1) is 12.9. The van der Waals surface area contributed by atoms with Gasteiger partial charge in [-0.3, -0.25) is 0 Å². The molecule has 0 aliphatic rings. The number of nitrogens with zero attached hydrogens (tertiary/aromatic N) is 2. The molecule has 2 aromatic heterocycles. The van der Waals surface area contributed by atoms with Crippen LogP contribution in [0.5, 0.6) is 0 Å². The van der Waals surface area contributed by atoms with E-state index in [1.165, 1.54) is 0 Å². The third-order valence-corrected chi connectivity index (χ3v) is 4.10. The molecule has 0 saturated heterocycles. The van der Waals surface area contributed by atoms with Crippen molar-refractivity contribution in [1.82, 2.24) is 9.55 Å². The zero-order valence-electron chi connectivity index (χ0n) is 9.23. The Balaban J connectivity index is 2.29. The standard InChI is InChI=1S/C11H12Br2N2O2/c1-2-4-15-5-3-14-11(15)9(16)8-6-7(12)10(13)17-8/h3,5-6,9,16H,2,4H2,1H3. The molecule has 0 bridgehead atoms. The van der Waals surface area contributed by atoms with Gasteiger partial charge >= 0.3 is 0 Å². The van der Waals surface area contributed by atoms with E-state index in [4.69, 9.17) is 4.42 Å². The fraction of sp³-hybridized carbons (Fsp3) is 0.364. The van der Waals surface area contributed by atoms with Crippen molar-refractivity contribution in [2.45, 2.75) is 26.0 Å². The number of aliphatic hydroxyl groups is 1. The maximum atomic E-state index is 10.2. The van der Waals surface area contributed by atoms with Gasteiger partial charge in [0.15, 0.2) is 10.8 Å². The maximum Gasteiger partial charge on any atom is 0.183 e. The molecular weight excluding hydrogens is 352 g/mol. The van der Waals surface area contributed by atoms with E-state index >= 15 is 0 Å². The third kappa shape index (κ3) is 2.64. The van der Waals surface area contributed by atoms with Crippen LogP contribution in [0.1, 0.15) is 31.0 Å². The Hall–Kier alpha value is -0.590. The van der Waals surface area contributed by atoms with Gasteiger partial charge in [0.25, 0.3) is 0 Å². The highest BCUT2D eigenvalue weighted by molar-refractivity contribution is 9.13. The number of hydrogen-bond donors (Lipinski definition) is 1. The number of halogens is 2. The maximum absolute atomic E-state index is 10.2. The van der Waals surface area contributed by atoms with Gasteiger partial charge in [0.1, 0.15) is 11.6 Å². The molecule has 0 aliphatic heterocycles. The first-order valence-corrected chi connectivity index (χ1v) is 6.86. The molecule has 0 amide bonds. The fourth-order valence-electron chi connectivity index (χ4n) is 1.62. The molecule has 0 saturated carbocycles. The second-order valence-corrected chi connectivity index (χ2v) is 5.23. The van der Waals surface area contributed by atoms with Gasteiger partial charge < -0.3 is 14.1 Å². The highest BCUT2D eigenvalue weighted by atomic mass is 79.9. The van der Waals surface area contributed by atoms with Crippen molar-refractivity contribution in [3.63, 3.8) is 0 Å². The van der Waals surface area contributed by atoms with Crippen LogP contribution in [-0.2, 0) is 6.54 Å². The van der Waals surface area contributed by atoms with Crippen LogP contribution in [0.15, 0.2) is 32.0 Å². The Morgan fingerprint density at radius 2 is 2.29 bits per heavy atom. The molecule has 0 fully saturated rings. The number of furan rings is 1. The normalized spacial score (nSPS) is 12.9. The SMILES string of the molecule is CCCn1ccnc1C(O)c1cc(Br)c(Br)o1. The molecular formula is C11H12Br2N2O2. The lowest BCUT2D eigenvalue weighted by Crippen LogP contribution is -2.09. The molecule has 6 heteroatoms. The lowest BCUT2D eigenvalue weighted by molar-refractivity contribution is 0.173. The number of rotatable bonds is 4. The van der Waals surface area contributed by atoms with Crippen LogP contribution in [0, 0.1) is 0 Å². The summed E-state index contributed by atoms with van der Waals surface area (Å²) in [6, 6.07) is 1.74. The molecule has 4 nitrogen and oxygen atoms in total. The summed E-state index contributed by atoms with van der Waals surface area (Å²) in [4.78, 5) is 4.17. The Bertz CT molecular complexity index is 488. The molecule has 1 N–H and O–H groups in total. The van der Waals surface area contributed by atoms with E-state index in [-0.39, 0.29) is 0 Å². The van der Waals surface area contributed by atoms with E-state index in [0.717, 1.165) is 17.4 Å². The molecule has 92 valence electrons. The van der Waals surface area contributed by atoms with E-state index in [0.29, 0.717) is 16.3 Å². The summed E-state index contributed by atoms with van der Waals surface area (Å²) < 4.78 is 8.67. The van der Waals surface area contributed by atoms with Crippen LogP contribution in [-0.4, -0.2) is 14.7 Å². The predicted molar refractivity (Wildman–Crippen MR) is 70.7 cm³/mol. The van der Waals surface area contributed by atoms with Crippen molar-refractivity contribution < 1.29 is 9.52 Å². The minimum absolute atomic E-state index is 0.465. The third-order valence-electron chi connectivity index (χ3n) is 2.39. The molecule has 17 heavy (non-hydrogen) atoms. The van der Waals surface area contributed by atoms with Gasteiger partial charge in [-0.15, -0.1) is 0 Å². The zero-order chi connectivity index (χ0) is 12.4. The topological polar surface area (TPSA) is 51.2 Å². The Kier molecular flexibility index (Phi) is 4.06. The quantitative estimate of drug-likeness (QED) is 0.904. The van der Waals surface area contributed by atoms with Crippen LogP contribution < -0.4 is 0 Å². The number of hydrogen-bond acceptors (Lipinski definition) is 3. The smallest absolute Gasteiger partial charge is 0.183 e. The summed E-state index contributed by atoms with van der Waals surface area (Å²) in [5, 5.41) is 10.2. The van der Waals surface area contributed by atoms with Gasteiger partial charge in [-0.2, -0.15) is 0 Å². The van der Waals surface area contributed by atoms with E-state index in [1.54, 1.807) is 12.3 Å². The summed E-state index contributed by atoms with van der Waals surface area (Å²) >= 11 is 6.56. The molecule has 0 aromatic carbocycles.